The number of unbranched alkanes of at least 4 members (excludes halogenated alkanes) is 1. The molecule has 8 amide bonds. The van der Waals surface area contributed by atoms with Crippen molar-refractivity contribution in [1.29, 1.82) is 0 Å². The van der Waals surface area contributed by atoms with Crippen molar-refractivity contribution >= 4 is 35.7 Å². The number of amides is 8. The number of nitrogens with one attached hydrogen (secondary N) is 2. The molecule has 12 nitrogen and oxygen atoms in total. The number of imide groups is 4. The lowest BCUT2D eigenvalue weighted by Gasteiger charge is -2.32. The largest absolute Gasteiger partial charge is 0.396 e. The van der Waals surface area contributed by atoms with Crippen LogP contribution in [0.2, 0.25) is 0 Å². The van der Waals surface area contributed by atoms with Crippen LogP contribution in [0.15, 0.2) is 0 Å². The molecule has 3 fully saturated rings. The Hall–Kier alpha value is -2.86. The number of urea groups is 2. The summed E-state index contributed by atoms with van der Waals surface area (Å²) in [4.78, 5) is 71.8. The van der Waals surface area contributed by atoms with E-state index in [1.165, 1.54) is 12.8 Å². The molecule has 37 heavy (non-hydrogen) atoms. The van der Waals surface area contributed by atoms with Gasteiger partial charge in [-0.15, -0.1) is 0 Å². The van der Waals surface area contributed by atoms with Gasteiger partial charge in [-0.2, -0.15) is 0 Å². The van der Waals surface area contributed by atoms with E-state index in [1.807, 2.05) is 6.92 Å². The van der Waals surface area contributed by atoms with E-state index in [2.05, 4.69) is 10.6 Å². The maximum Gasteiger partial charge on any atom is 0.331 e. The van der Waals surface area contributed by atoms with Crippen molar-refractivity contribution in [3.05, 3.63) is 0 Å². The van der Waals surface area contributed by atoms with Gasteiger partial charge in [0.1, 0.15) is 11.8 Å². The van der Waals surface area contributed by atoms with E-state index in [4.69, 9.17) is 9.84 Å². The third-order valence-corrected chi connectivity index (χ3v) is 5.96. The van der Waals surface area contributed by atoms with Crippen LogP contribution in [0.25, 0.3) is 0 Å². The summed E-state index contributed by atoms with van der Waals surface area (Å²) >= 11 is 0. The van der Waals surface area contributed by atoms with E-state index in [-0.39, 0.29) is 31.0 Å². The van der Waals surface area contributed by atoms with Crippen LogP contribution in [0.4, 0.5) is 9.59 Å². The molecule has 0 saturated carbocycles. The Balaban J connectivity index is 0.000000311. The van der Waals surface area contributed by atoms with Gasteiger partial charge in [0.15, 0.2) is 0 Å². The molecule has 3 aliphatic heterocycles. The summed E-state index contributed by atoms with van der Waals surface area (Å²) in [5.74, 6) is -3.41. The molecule has 210 valence electrons. The molecule has 2 unspecified atom stereocenters. The Kier molecular flexibility index (Phi) is 14.0. The second kappa shape index (κ2) is 16.1. The maximum atomic E-state index is 11.9. The number of ether oxygens (including phenoxy) is 1. The highest BCUT2D eigenvalue weighted by atomic mass is 16.5. The lowest BCUT2D eigenvalue weighted by atomic mass is 9.97. The number of carbonyl (C=O) groups excluding carboxylic acids is 6. The Morgan fingerprint density at radius 2 is 1.19 bits per heavy atom. The highest BCUT2D eigenvalue weighted by Gasteiger charge is 2.41. The van der Waals surface area contributed by atoms with Crippen LogP contribution in [0, 0.1) is 11.8 Å². The number of rotatable bonds is 8. The van der Waals surface area contributed by atoms with E-state index in [0.717, 1.165) is 35.9 Å². The molecule has 0 aliphatic carbocycles. The highest BCUT2D eigenvalue weighted by molar-refractivity contribution is 6.16. The standard InChI is InChI=1S/C11H18N2O3.C10H16N2O4.C4H8O/c1-4-5-6-8-9(14)12-11(16)13(7(2)3)10(8)15;1-6(2)12-9(15)7(4-3-5-13)8(14)11-10(12)16;1-2-4-5-3-1/h7-8H,4-6H2,1-3H3,(H,12,14,16);6-7,13H,3-5H2,1-2H3,(H,11,14,16);1-4H2. The average Bonchev–Trinajstić information content (AvgIpc) is 3.38. The summed E-state index contributed by atoms with van der Waals surface area (Å²) in [5.41, 5.74) is 0. The number of hydrogen-bond donors (Lipinski definition) is 3. The van der Waals surface area contributed by atoms with Crippen LogP contribution < -0.4 is 10.6 Å². The summed E-state index contributed by atoms with van der Waals surface area (Å²) in [7, 11) is 0. The normalized spacial score (nSPS) is 21.9. The topological polar surface area (TPSA) is 162 Å². The average molecular weight is 527 g/mol. The Bertz CT molecular complexity index is 756. The first-order chi connectivity index (χ1) is 17.5. The molecule has 0 aromatic carbocycles. The minimum atomic E-state index is -0.854. The molecule has 0 spiro atoms. The van der Waals surface area contributed by atoms with Gasteiger partial charge in [0.2, 0.25) is 23.6 Å². The molecule has 0 aromatic rings. The molecule has 0 aromatic heterocycles. The number of nitrogens with zero attached hydrogens (tertiary/aromatic N) is 2. The third-order valence-electron chi connectivity index (χ3n) is 5.96. The van der Waals surface area contributed by atoms with Crippen LogP contribution in [-0.4, -0.2) is 82.5 Å². The van der Waals surface area contributed by atoms with Crippen LogP contribution in [0.3, 0.4) is 0 Å². The molecule has 12 heteroatoms. The van der Waals surface area contributed by atoms with Crippen molar-refractivity contribution in [1.82, 2.24) is 20.4 Å². The van der Waals surface area contributed by atoms with Crippen molar-refractivity contribution in [3.8, 4) is 0 Å². The summed E-state index contributed by atoms with van der Waals surface area (Å²) < 4.78 is 4.94. The zero-order valence-electron chi connectivity index (χ0n) is 22.6. The number of aliphatic hydroxyl groups excluding tert-OH is 1. The smallest absolute Gasteiger partial charge is 0.331 e. The van der Waals surface area contributed by atoms with Crippen LogP contribution in [0.1, 0.15) is 79.6 Å². The molecule has 0 bridgehead atoms. The molecular formula is C25H42N4O8. The first-order valence-corrected chi connectivity index (χ1v) is 13.0. The third kappa shape index (κ3) is 9.51. The first-order valence-electron chi connectivity index (χ1n) is 13.0. The van der Waals surface area contributed by atoms with E-state index < -0.39 is 41.6 Å². The van der Waals surface area contributed by atoms with Gasteiger partial charge in [0.25, 0.3) is 0 Å². The van der Waals surface area contributed by atoms with Gasteiger partial charge in [0, 0.05) is 31.9 Å². The minimum absolute atomic E-state index is 0.0767. The molecule has 3 rings (SSSR count). The fraction of sp³-hybridized carbons (Fsp3) is 0.760. The van der Waals surface area contributed by atoms with E-state index in [0.29, 0.717) is 12.8 Å². The SMILES string of the molecule is C1CCOC1.CC(C)N1C(=O)NC(=O)C(CCCO)C1=O.CCCCC1C(=O)NC(=O)N(C(C)C)C1=O. The van der Waals surface area contributed by atoms with Crippen molar-refractivity contribution in [2.45, 2.75) is 91.6 Å². The zero-order chi connectivity index (χ0) is 28.1. The van der Waals surface area contributed by atoms with Gasteiger partial charge in [-0.25, -0.2) is 9.59 Å². The molecule has 3 aliphatic rings. The first kappa shape index (κ1) is 32.2. The van der Waals surface area contributed by atoms with Crippen LogP contribution >= 0.6 is 0 Å². The zero-order valence-corrected chi connectivity index (χ0v) is 22.6. The molecule has 3 N–H and O–H groups in total. The summed E-state index contributed by atoms with van der Waals surface area (Å²) in [6, 6.07) is -1.76. The van der Waals surface area contributed by atoms with Gasteiger partial charge >= 0.3 is 12.1 Å². The van der Waals surface area contributed by atoms with Gasteiger partial charge in [-0.05, 0) is 59.8 Å². The molecule has 3 heterocycles. The summed E-state index contributed by atoms with van der Waals surface area (Å²) in [5, 5.41) is 13.0. The summed E-state index contributed by atoms with van der Waals surface area (Å²) in [6.45, 7) is 10.8. The monoisotopic (exact) mass is 526 g/mol. The predicted molar refractivity (Wildman–Crippen MR) is 134 cm³/mol. The van der Waals surface area contributed by atoms with Crippen molar-refractivity contribution in [3.63, 3.8) is 0 Å². The Labute approximate surface area is 218 Å². The fourth-order valence-corrected chi connectivity index (χ4v) is 3.97. The van der Waals surface area contributed by atoms with Gasteiger partial charge < -0.3 is 9.84 Å². The predicted octanol–water partition coefficient (Wildman–Crippen LogP) is 1.94. The number of aliphatic hydroxyl groups is 1. The lowest BCUT2D eigenvalue weighted by molar-refractivity contribution is -0.145. The molecule has 3 saturated heterocycles. The second-order valence-electron chi connectivity index (χ2n) is 9.63. The van der Waals surface area contributed by atoms with Crippen molar-refractivity contribution in [2.24, 2.45) is 11.8 Å². The maximum absolute atomic E-state index is 11.9. The van der Waals surface area contributed by atoms with Crippen LogP contribution in [0.5, 0.6) is 0 Å². The molecule has 2 atom stereocenters. The van der Waals surface area contributed by atoms with E-state index in [1.54, 1.807) is 27.7 Å². The number of hydrogen-bond acceptors (Lipinski definition) is 8. The van der Waals surface area contributed by atoms with Crippen LogP contribution in [-0.2, 0) is 23.9 Å². The van der Waals surface area contributed by atoms with Gasteiger partial charge in [0.05, 0.1) is 0 Å². The molecule has 0 radical (unpaired) electrons. The fourth-order valence-electron chi connectivity index (χ4n) is 3.97. The van der Waals surface area contributed by atoms with Crippen molar-refractivity contribution < 1.29 is 38.6 Å². The minimum Gasteiger partial charge on any atom is -0.396 e. The van der Waals surface area contributed by atoms with Gasteiger partial charge in [-0.1, -0.05) is 19.8 Å². The Morgan fingerprint density at radius 3 is 1.49 bits per heavy atom. The number of carbonyl (C=O) groups is 6. The highest BCUT2D eigenvalue weighted by Crippen LogP contribution is 2.19. The van der Waals surface area contributed by atoms with E-state index in [9.17, 15) is 28.8 Å². The molecular weight excluding hydrogens is 484 g/mol. The van der Waals surface area contributed by atoms with Crippen molar-refractivity contribution in [2.75, 3.05) is 19.8 Å². The quantitative estimate of drug-likeness (QED) is 0.404. The lowest BCUT2D eigenvalue weighted by Crippen LogP contribution is -2.59. The Morgan fingerprint density at radius 1 is 0.784 bits per heavy atom. The summed E-state index contributed by atoms with van der Waals surface area (Å²) in [6.07, 6.45) is 5.43. The number of barbiturate groups is 2. The second-order valence-corrected chi connectivity index (χ2v) is 9.63. The van der Waals surface area contributed by atoms with Gasteiger partial charge in [-0.3, -0.25) is 39.6 Å². The van der Waals surface area contributed by atoms with E-state index >= 15 is 0 Å².